The molecule has 1 amide bonds. The fraction of sp³-hybridized carbons (Fsp3) is 0.393. The summed E-state index contributed by atoms with van der Waals surface area (Å²) in [5.41, 5.74) is 11.1. The van der Waals surface area contributed by atoms with Gasteiger partial charge in [0.25, 0.3) is 5.91 Å². The Hall–Kier alpha value is -3.25. The van der Waals surface area contributed by atoms with Gasteiger partial charge in [-0.15, -0.1) is 0 Å². The summed E-state index contributed by atoms with van der Waals surface area (Å²) >= 11 is 0. The van der Waals surface area contributed by atoms with E-state index in [0.29, 0.717) is 5.76 Å². The van der Waals surface area contributed by atoms with E-state index >= 15 is 0 Å². The van der Waals surface area contributed by atoms with E-state index < -0.39 is 5.91 Å². The maximum Gasteiger partial charge on any atom is 0.284 e. The largest absolute Gasteiger partial charge is 0.451 e. The van der Waals surface area contributed by atoms with E-state index in [4.69, 9.17) is 10.2 Å². The molecule has 34 heavy (non-hydrogen) atoms. The Morgan fingerprint density at radius 3 is 2.68 bits per heavy atom. The number of piperazine rings is 1. The lowest BCUT2D eigenvalue weighted by Crippen LogP contribution is -2.44. The summed E-state index contributed by atoms with van der Waals surface area (Å²) in [5.74, 6) is -0.0309. The van der Waals surface area contributed by atoms with Crippen LogP contribution in [0.3, 0.4) is 0 Å². The van der Waals surface area contributed by atoms with Gasteiger partial charge in [0.05, 0.1) is 0 Å². The zero-order valence-corrected chi connectivity index (χ0v) is 20.1. The molecule has 1 aliphatic rings. The molecule has 0 saturated carbocycles. The van der Waals surface area contributed by atoms with Crippen LogP contribution in [-0.2, 0) is 6.42 Å². The smallest absolute Gasteiger partial charge is 0.284 e. The summed E-state index contributed by atoms with van der Waals surface area (Å²) in [5, 5.41) is 2.24. The van der Waals surface area contributed by atoms with Gasteiger partial charge in [-0.3, -0.25) is 4.79 Å². The van der Waals surface area contributed by atoms with E-state index in [-0.39, 0.29) is 5.92 Å². The molecular formula is C28H34N4O2. The Labute approximate surface area is 200 Å². The highest BCUT2D eigenvalue weighted by atomic mass is 16.3. The number of nitrogens with two attached hydrogens (primary N) is 1. The summed E-state index contributed by atoms with van der Waals surface area (Å²) in [7, 11) is 2.16. The van der Waals surface area contributed by atoms with Gasteiger partial charge in [0.15, 0.2) is 5.76 Å². The third-order valence-corrected chi connectivity index (χ3v) is 7.26. The molecule has 0 bridgehead atoms. The number of hydrogen-bond acceptors (Lipinski definition) is 4. The van der Waals surface area contributed by atoms with Crippen molar-refractivity contribution in [3.63, 3.8) is 0 Å². The van der Waals surface area contributed by atoms with Crippen LogP contribution in [0.4, 0.5) is 5.69 Å². The lowest BCUT2D eigenvalue weighted by Gasteiger charge is -2.34. The van der Waals surface area contributed by atoms with E-state index in [1.54, 1.807) is 0 Å². The van der Waals surface area contributed by atoms with Gasteiger partial charge in [-0.05, 0) is 49.6 Å². The first-order valence-electron chi connectivity index (χ1n) is 12.4. The number of nitrogens with one attached hydrogen (secondary N) is 1. The van der Waals surface area contributed by atoms with Gasteiger partial charge in [-0.1, -0.05) is 38.0 Å². The van der Waals surface area contributed by atoms with Gasteiger partial charge in [-0.2, -0.15) is 0 Å². The predicted octanol–water partition coefficient (Wildman–Crippen LogP) is 5.28. The number of amides is 1. The number of benzene rings is 2. The number of nitrogens with zero attached hydrogens (tertiary/aromatic N) is 2. The third-order valence-electron chi connectivity index (χ3n) is 7.26. The van der Waals surface area contributed by atoms with Gasteiger partial charge in [0.1, 0.15) is 5.58 Å². The average Bonchev–Trinajstić information content (AvgIpc) is 3.43. The zero-order chi connectivity index (χ0) is 23.7. The van der Waals surface area contributed by atoms with Crippen molar-refractivity contribution < 1.29 is 9.21 Å². The van der Waals surface area contributed by atoms with Crippen molar-refractivity contribution in [3.8, 4) is 0 Å². The lowest BCUT2D eigenvalue weighted by atomic mass is 9.85. The fourth-order valence-corrected chi connectivity index (χ4v) is 5.32. The fourth-order valence-electron chi connectivity index (χ4n) is 5.32. The molecule has 6 heteroatoms. The Morgan fingerprint density at radius 2 is 1.91 bits per heavy atom. The monoisotopic (exact) mass is 458 g/mol. The number of H-pyrrole nitrogens is 1. The van der Waals surface area contributed by atoms with Crippen LogP contribution < -0.4 is 10.6 Å². The van der Waals surface area contributed by atoms with Gasteiger partial charge >= 0.3 is 0 Å². The standard InChI is InChI=1S/C28H34N4O2/c1-3-4-7-19(16-20-18-30-24-9-6-5-8-22(20)24)26-23-11-10-21(32-14-12-31(2)13-15-32)17-25(23)34-27(26)28(29)33/h5-6,8-11,17-19,30H,3-4,7,12-16H2,1-2H3,(H2,29,33). The number of aromatic amines is 1. The maximum atomic E-state index is 12.5. The number of para-hydroxylation sites is 1. The van der Waals surface area contributed by atoms with Crippen molar-refractivity contribution >= 4 is 33.5 Å². The molecule has 1 fully saturated rings. The molecule has 5 rings (SSSR count). The topological polar surface area (TPSA) is 78.5 Å². The molecule has 1 unspecified atom stereocenters. The van der Waals surface area contributed by atoms with Gasteiger partial charge in [0, 0.05) is 66.0 Å². The van der Waals surface area contributed by atoms with Crippen LogP contribution in [0.5, 0.6) is 0 Å². The van der Waals surface area contributed by atoms with Crippen LogP contribution in [0, 0.1) is 0 Å². The summed E-state index contributed by atoms with van der Waals surface area (Å²) in [6.45, 7) is 6.25. The summed E-state index contributed by atoms with van der Waals surface area (Å²) < 4.78 is 6.16. The van der Waals surface area contributed by atoms with Crippen molar-refractivity contribution in [1.82, 2.24) is 9.88 Å². The van der Waals surface area contributed by atoms with E-state index in [1.807, 2.05) is 6.07 Å². The predicted molar refractivity (Wildman–Crippen MR) is 139 cm³/mol. The summed E-state index contributed by atoms with van der Waals surface area (Å²) in [6, 6.07) is 14.7. The minimum atomic E-state index is -0.493. The number of carbonyl (C=O) groups is 1. The number of hydrogen-bond donors (Lipinski definition) is 2. The first kappa shape index (κ1) is 22.5. The molecule has 1 aliphatic heterocycles. The molecule has 0 radical (unpaired) electrons. The molecular weight excluding hydrogens is 424 g/mol. The van der Waals surface area contributed by atoms with Crippen LogP contribution in [0.1, 0.15) is 53.8 Å². The van der Waals surface area contributed by atoms with E-state index in [0.717, 1.165) is 79.6 Å². The van der Waals surface area contributed by atoms with E-state index in [9.17, 15) is 4.79 Å². The van der Waals surface area contributed by atoms with Crippen molar-refractivity contribution in [2.24, 2.45) is 5.73 Å². The third kappa shape index (κ3) is 4.30. The first-order valence-corrected chi connectivity index (χ1v) is 12.4. The van der Waals surface area contributed by atoms with Crippen LogP contribution in [0.2, 0.25) is 0 Å². The molecule has 3 heterocycles. The van der Waals surface area contributed by atoms with Crippen molar-refractivity contribution in [2.75, 3.05) is 38.1 Å². The molecule has 178 valence electrons. The molecule has 1 saturated heterocycles. The highest BCUT2D eigenvalue weighted by Crippen LogP contribution is 2.39. The molecule has 1 atom stereocenters. The van der Waals surface area contributed by atoms with E-state index in [2.05, 4.69) is 71.4 Å². The van der Waals surface area contributed by atoms with E-state index in [1.165, 1.54) is 10.9 Å². The Morgan fingerprint density at radius 1 is 1.12 bits per heavy atom. The van der Waals surface area contributed by atoms with Gasteiger partial charge < -0.3 is 24.9 Å². The molecule has 2 aromatic heterocycles. The second-order valence-electron chi connectivity index (χ2n) is 9.58. The normalized spacial score (nSPS) is 15.9. The maximum absolute atomic E-state index is 12.5. The SMILES string of the molecule is CCCCC(Cc1c[nH]c2ccccc12)c1c(C(N)=O)oc2cc(N3CCN(C)CC3)ccc12. The van der Waals surface area contributed by atoms with Crippen molar-refractivity contribution in [3.05, 3.63) is 65.5 Å². The Balaban J connectivity index is 1.55. The summed E-state index contributed by atoms with van der Waals surface area (Å²) in [6.07, 6.45) is 6.09. The van der Waals surface area contributed by atoms with Gasteiger partial charge in [0.2, 0.25) is 0 Å². The molecule has 2 aromatic carbocycles. The molecule has 3 N–H and O–H groups in total. The minimum absolute atomic E-state index is 0.150. The quantitative estimate of drug-likeness (QED) is 0.376. The lowest BCUT2D eigenvalue weighted by molar-refractivity contribution is 0.0974. The number of aromatic nitrogens is 1. The second kappa shape index (κ2) is 9.55. The highest BCUT2D eigenvalue weighted by molar-refractivity contribution is 5.99. The van der Waals surface area contributed by atoms with Crippen molar-refractivity contribution in [2.45, 2.75) is 38.5 Å². The summed E-state index contributed by atoms with van der Waals surface area (Å²) in [4.78, 5) is 20.6. The Kier molecular flexibility index (Phi) is 6.33. The van der Waals surface area contributed by atoms with Crippen LogP contribution in [0.25, 0.3) is 21.9 Å². The zero-order valence-electron chi connectivity index (χ0n) is 20.1. The first-order chi connectivity index (χ1) is 16.5. The molecule has 4 aromatic rings. The number of unbranched alkanes of at least 4 members (excludes halogenated alkanes) is 1. The number of likely N-dealkylation sites (N-methyl/N-ethyl adjacent to an activating group) is 1. The Bertz CT molecular complexity index is 1300. The number of rotatable bonds is 8. The van der Waals surface area contributed by atoms with Gasteiger partial charge in [-0.25, -0.2) is 0 Å². The van der Waals surface area contributed by atoms with Crippen LogP contribution in [0.15, 0.2) is 53.1 Å². The number of carbonyl (C=O) groups excluding carboxylic acids is 1. The van der Waals surface area contributed by atoms with Crippen molar-refractivity contribution in [1.29, 1.82) is 0 Å². The minimum Gasteiger partial charge on any atom is -0.451 e. The number of fused-ring (bicyclic) bond motifs is 2. The number of furan rings is 1. The number of anilines is 1. The molecule has 6 nitrogen and oxygen atoms in total. The second-order valence-corrected chi connectivity index (χ2v) is 9.58. The molecule has 0 spiro atoms. The van der Waals surface area contributed by atoms with Crippen LogP contribution >= 0.6 is 0 Å². The highest BCUT2D eigenvalue weighted by Gasteiger charge is 2.27. The molecule has 0 aliphatic carbocycles. The number of primary amides is 1. The van der Waals surface area contributed by atoms with Crippen LogP contribution in [-0.4, -0.2) is 49.0 Å². The average molecular weight is 459 g/mol.